The summed E-state index contributed by atoms with van der Waals surface area (Å²) in [7, 11) is 2.02. The maximum absolute atomic E-state index is 4.82. The van der Waals surface area contributed by atoms with Crippen molar-refractivity contribution in [1.82, 2.24) is 9.91 Å². The minimum atomic E-state index is -0.0320. The van der Waals surface area contributed by atoms with Crippen LogP contribution >= 0.6 is 0 Å². The van der Waals surface area contributed by atoms with Crippen LogP contribution in [0.3, 0.4) is 0 Å². The zero-order valence-electron chi connectivity index (χ0n) is 19.0. The van der Waals surface area contributed by atoms with Gasteiger partial charge in [0.25, 0.3) is 5.96 Å². The normalized spacial score (nSPS) is 16.0. The van der Waals surface area contributed by atoms with E-state index in [-0.39, 0.29) is 6.17 Å². The quantitative estimate of drug-likeness (QED) is 0.433. The van der Waals surface area contributed by atoms with Crippen LogP contribution in [-0.4, -0.2) is 36.0 Å². The second kappa shape index (κ2) is 10.1. The van der Waals surface area contributed by atoms with Crippen LogP contribution in [0.1, 0.15) is 31.1 Å². The maximum atomic E-state index is 4.82. The topological polar surface area (TPSA) is 46.8 Å². The highest BCUT2D eigenvalue weighted by atomic mass is 15.6. The largest absolute Gasteiger partial charge is 0.372 e. The van der Waals surface area contributed by atoms with Crippen LogP contribution in [0.15, 0.2) is 100 Å². The van der Waals surface area contributed by atoms with Crippen LogP contribution in [-0.2, 0) is 6.54 Å². The van der Waals surface area contributed by atoms with E-state index >= 15 is 0 Å². The molecule has 1 atom stereocenters. The molecule has 4 rings (SSSR count). The number of rotatable bonds is 7. The third-order valence-electron chi connectivity index (χ3n) is 5.70. The van der Waals surface area contributed by atoms with Gasteiger partial charge in [-0.15, -0.1) is 15.3 Å². The van der Waals surface area contributed by atoms with Crippen LogP contribution in [0.2, 0.25) is 0 Å². The predicted molar refractivity (Wildman–Crippen MR) is 131 cm³/mol. The van der Waals surface area contributed by atoms with Crippen molar-refractivity contribution >= 4 is 17.3 Å². The Morgan fingerprint density at radius 1 is 0.812 bits per heavy atom. The smallest absolute Gasteiger partial charge is 0.263 e. The number of hydrogen-bond donors (Lipinski definition) is 0. The summed E-state index contributed by atoms with van der Waals surface area (Å²) in [6.07, 6.45) is -0.0320. The molecule has 6 heteroatoms. The lowest BCUT2D eigenvalue weighted by molar-refractivity contribution is 0.139. The predicted octanol–water partition coefficient (Wildman–Crippen LogP) is 6.03. The summed E-state index contributed by atoms with van der Waals surface area (Å²) in [5.41, 5.74) is 4.39. The van der Waals surface area contributed by atoms with Gasteiger partial charge in [0.2, 0.25) is 0 Å². The van der Waals surface area contributed by atoms with Crippen molar-refractivity contribution in [1.29, 1.82) is 0 Å². The summed E-state index contributed by atoms with van der Waals surface area (Å²) in [5, 5.41) is 15.9. The zero-order chi connectivity index (χ0) is 22.3. The van der Waals surface area contributed by atoms with Gasteiger partial charge >= 0.3 is 0 Å². The molecule has 0 fully saturated rings. The number of guanidine groups is 1. The molecule has 1 aliphatic rings. The molecule has 0 N–H and O–H groups in total. The van der Waals surface area contributed by atoms with Gasteiger partial charge in [-0.3, -0.25) is 5.01 Å². The van der Waals surface area contributed by atoms with E-state index in [4.69, 9.17) is 5.10 Å². The minimum absolute atomic E-state index is 0.0320. The van der Waals surface area contributed by atoms with E-state index in [0.717, 1.165) is 18.8 Å². The van der Waals surface area contributed by atoms with E-state index < -0.39 is 0 Å². The lowest BCUT2D eigenvalue weighted by Gasteiger charge is -2.28. The first-order valence-corrected chi connectivity index (χ1v) is 11.1. The van der Waals surface area contributed by atoms with E-state index in [9.17, 15) is 0 Å². The fourth-order valence-electron chi connectivity index (χ4n) is 3.97. The van der Waals surface area contributed by atoms with Gasteiger partial charge in [0.1, 0.15) is 6.17 Å². The minimum Gasteiger partial charge on any atom is -0.372 e. The molecule has 0 saturated carbocycles. The first kappa shape index (κ1) is 21.6. The highest BCUT2D eigenvalue weighted by Gasteiger charge is 2.33. The summed E-state index contributed by atoms with van der Waals surface area (Å²) >= 11 is 0. The number of nitrogens with zero attached hydrogens (tertiary/aromatic N) is 6. The molecule has 0 bridgehead atoms. The number of azo groups is 1. The standard InChI is InChI=1S/C26H30N6/c1-4-31(5-2)24-18-16-23(17-19-24)27-28-26-29-32(20-21-12-8-6-9-13-21)25(30(26)3)22-14-10-7-11-15-22/h6-19,25H,4-5,20H2,1-3H3/t25-/m1/s1. The summed E-state index contributed by atoms with van der Waals surface area (Å²) in [6.45, 7) is 6.99. The van der Waals surface area contributed by atoms with E-state index in [0.29, 0.717) is 12.5 Å². The fourth-order valence-corrected chi connectivity index (χ4v) is 3.97. The summed E-state index contributed by atoms with van der Waals surface area (Å²) in [6, 6.07) is 29.0. The molecule has 0 saturated heterocycles. The molecule has 0 aliphatic carbocycles. The summed E-state index contributed by atoms with van der Waals surface area (Å²) in [5.74, 6) is 0.600. The van der Waals surface area contributed by atoms with Crippen molar-refractivity contribution in [2.75, 3.05) is 25.0 Å². The highest BCUT2D eigenvalue weighted by molar-refractivity contribution is 5.82. The number of benzene rings is 3. The monoisotopic (exact) mass is 426 g/mol. The second-order valence-corrected chi connectivity index (χ2v) is 7.77. The molecule has 1 heterocycles. The Morgan fingerprint density at radius 2 is 1.44 bits per heavy atom. The van der Waals surface area contributed by atoms with Gasteiger partial charge in [0, 0.05) is 25.8 Å². The lowest BCUT2D eigenvalue weighted by atomic mass is 10.1. The van der Waals surface area contributed by atoms with E-state index in [1.165, 1.54) is 16.8 Å². The van der Waals surface area contributed by atoms with Crippen LogP contribution in [0, 0.1) is 0 Å². The Kier molecular flexibility index (Phi) is 6.80. The Hall–Kier alpha value is -3.67. The molecule has 3 aromatic carbocycles. The first-order chi connectivity index (χ1) is 15.7. The van der Waals surface area contributed by atoms with E-state index in [1.807, 2.05) is 31.3 Å². The van der Waals surface area contributed by atoms with Crippen LogP contribution in [0.25, 0.3) is 0 Å². The fraction of sp³-hybridized carbons (Fsp3) is 0.269. The van der Waals surface area contributed by atoms with Gasteiger partial charge in [-0.2, -0.15) is 0 Å². The van der Waals surface area contributed by atoms with Crippen molar-refractivity contribution < 1.29 is 0 Å². The SMILES string of the molecule is CCN(CC)c1ccc(N=NC2=NN(Cc3ccccc3)[C@H](c3ccccc3)N2C)cc1. The molecule has 0 spiro atoms. The lowest BCUT2D eigenvalue weighted by Crippen LogP contribution is -2.31. The van der Waals surface area contributed by atoms with Crippen molar-refractivity contribution in [3.05, 3.63) is 96.1 Å². The van der Waals surface area contributed by atoms with E-state index in [2.05, 4.69) is 99.5 Å². The zero-order valence-corrected chi connectivity index (χ0v) is 19.0. The van der Waals surface area contributed by atoms with Crippen LogP contribution < -0.4 is 4.90 Å². The molecule has 164 valence electrons. The molecule has 0 aromatic heterocycles. The highest BCUT2D eigenvalue weighted by Crippen LogP contribution is 2.32. The maximum Gasteiger partial charge on any atom is 0.263 e. The van der Waals surface area contributed by atoms with Gasteiger partial charge in [-0.25, -0.2) is 0 Å². The molecule has 0 amide bonds. The van der Waals surface area contributed by atoms with Gasteiger partial charge < -0.3 is 9.80 Å². The summed E-state index contributed by atoms with van der Waals surface area (Å²) in [4.78, 5) is 4.38. The molecular weight excluding hydrogens is 396 g/mol. The average Bonchev–Trinajstić information content (AvgIpc) is 3.15. The molecule has 32 heavy (non-hydrogen) atoms. The Labute approximate surface area is 190 Å². The van der Waals surface area contributed by atoms with Crippen molar-refractivity contribution in [3.8, 4) is 0 Å². The Morgan fingerprint density at radius 3 is 2.06 bits per heavy atom. The van der Waals surface area contributed by atoms with Crippen molar-refractivity contribution in [3.63, 3.8) is 0 Å². The van der Waals surface area contributed by atoms with Gasteiger partial charge in [0.05, 0.1) is 12.2 Å². The first-order valence-electron chi connectivity index (χ1n) is 11.1. The number of hydrazone groups is 1. The third kappa shape index (κ3) is 4.80. The molecule has 3 aromatic rings. The molecule has 0 radical (unpaired) electrons. The van der Waals surface area contributed by atoms with Crippen molar-refractivity contribution in [2.45, 2.75) is 26.6 Å². The van der Waals surface area contributed by atoms with Gasteiger partial charge in [-0.05, 0) is 49.2 Å². The average molecular weight is 427 g/mol. The molecule has 6 nitrogen and oxygen atoms in total. The van der Waals surface area contributed by atoms with Crippen LogP contribution in [0.5, 0.6) is 0 Å². The summed E-state index contributed by atoms with van der Waals surface area (Å²) < 4.78 is 0. The third-order valence-corrected chi connectivity index (χ3v) is 5.70. The Balaban J connectivity index is 1.56. The van der Waals surface area contributed by atoms with Crippen molar-refractivity contribution in [2.24, 2.45) is 15.3 Å². The molecule has 1 aliphatic heterocycles. The van der Waals surface area contributed by atoms with E-state index in [1.54, 1.807) is 0 Å². The molecule has 0 unspecified atom stereocenters. The van der Waals surface area contributed by atoms with Gasteiger partial charge in [0.15, 0.2) is 0 Å². The van der Waals surface area contributed by atoms with Crippen LogP contribution in [0.4, 0.5) is 11.4 Å². The Bertz CT molecular complexity index is 1040. The number of hydrogen-bond acceptors (Lipinski definition) is 6. The van der Waals surface area contributed by atoms with Gasteiger partial charge in [-0.1, -0.05) is 60.7 Å². The molecular formula is C26H30N6. The second-order valence-electron chi connectivity index (χ2n) is 7.77. The number of anilines is 1.